The predicted molar refractivity (Wildman–Crippen MR) is 107 cm³/mol. The maximum absolute atomic E-state index is 13.4. The van der Waals surface area contributed by atoms with Gasteiger partial charge in [-0.15, -0.1) is 0 Å². The molecule has 3 rings (SSSR count). The lowest BCUT2D eigenvalue weighted by Gasteiger charge is -2.14. The van der Waals surface area contributed by atoms with Crippen molar-refractivity contribution < 1.29 is 36.2 Å². The average Bonchev–Trinajstić information content (AvgIpc) is 2.74. The van der Waals surface area contributed by atoms with E-state index in [2.05, 4.69) is 20.4 Å². The third-order valence-corrected chi connectivity index (χ3v) is 4.12. The van der Waals surface area contributed by atoms with Gasteiger partial charge in [-0.2, -0.15) is 22.0 Å². The van der Waals surface area contributed by atoms with E-state index in [0.29, 0.717) is 0 Å². The van der Waals surface area contributed by atoms with Crippen LogP contribution in [0.3, 0.4) is 0 Å². The van der Waals surface area contributed by atoms with Crippen LogP contribution in [0.2, 0.25) is 0 Å². The molecule has 0 fully saturated rings. The first-order chi connectivity index (χ1) is 15.2. The van der Waals surface area contributed by atoms with E-state index in [-0.39, 0.29) is 34.3 Å². The van der Waals surface area contributed by atoms with Gasteiger partial charge in [0.15, 0.2) is 0 Å². The Morgan fingerprint density at radius 1 is 0.969 bits per heavy atom. The van der Waals surface area contributed by atoms with Crippen LogP contribution < -0.4 is 20.1 Å². The number of aromatic nitrogens is 1. The lowest BCUT2D eigenvalue weighted by molar-refractivity contribution is -0.137. The number of nitrogens with one attached hydrogen (secondary N) is 2. The minimum Gasteiger partial charge on any atom is -0.481 e. The first-order valence-electron chi connectivity index (χ1n) is 9.01. The highest BCUT2D eigenvalue weighted by Gasteiger charge is 2.35. The van der Waals surface area contributed by atoms with Crippen molar-refractivity contribution in [3.8, 4) is 22.9 Å². The number of ether oxygens (including phenoxy) is 2. The largest absolute Gasteiger partial charge is 0.481 e. The van der Waals surface area contributed by atoms with Gasteiger partial charge in [0.1, 0.15) is 5.75 Å². The first-order valence-corrected chi connectivity index (χ1v) is 9.01. The van der Waals surface area contributed by atoms with Crippen molar-refractivity contribution in [2.45, 2.75) is 12.8 Å². The van der Waals surface area contributed by atoms with Gasteiger partial charge in [0.2, 0.25) is 5.88 Å². The van der Waals surface area contributed by atoms with Crippen molar-refractivity contribution in [3.63, 3.8) is 0 Å². The minimum atomic E-state index is -4.64. The zero-order valence-corrected chi connectivity index (χ0v) is 16.4. The maximum Gasteiger partial charge on any atom is 0.418 e. The molecule has 0 spiro atoms. The topological polar surface area (TPSA) is 72.5 Å². The van der Waals surface area contributed by atoms with Crippen LogP contribution in [0.15, 0.2) is 60.7 Å². The van der Waals surface area contributed by atoms with E-state index in [4.69, 9.17) is 4.74 Å². The second-order valence-electron chi connectivity index (χ2n) is 6.31. The molecule has 2 aromatic carbocycles. The molecule has 0 saturated heterocycles. The Labute approximate surface area is 179 Å². The Kier molecular flexibility index (Phi) is 6.76. The molecule has 0 aliphatic carbocycles. The molecule has 0 aliphatic rings. The molecule has 0 saturated carbocycles. The summed E-state index contributed by atoms with van der Waals surface area (Å²) in [5.41, 5.74) is -0.700. The van der Waals surface area contributed by atoms with E-state index in [9.17, 15) is 26.7 Å². The van der Waals surface area contributed by atoms with Gasteiger partial charge in [0.25, 0.3) is 0 Å². The monoisotopic (exact) mass is 453 g/mol. The van der Waals surface area contributed by atoms with Gasteiger partial charge in [0, 0.05) is 23.0 Å². The first kappa shape index (κ1) is 22.8. The highest BCUT2D eigenvalue weighted by Crippen LogP contribution is 2.37. The molecule has 1 aromatic heterocycles. The molecule has 0 radical (unpaired) electrons. The van der Waals surface area contributed by atoms with Crippen molar-refractivity contribution >= 4 is 17.4 Å². The molecular formula is C21H16F5N3O3. The lowest BCUT2D eigenvalue weighted by atomic mass is 10.0. The van der Waals surface area contributed by atoms with Crippen molar-refractivity contribution in [1.29, 1.82) is 0 Å². The van der Waals surface area contributed by atoms with Gasteiger partial charge in [-0.1, -0.05) is 12.1 Å². The number of carbonyl (C=O) groups excluding carboxylic acids is 1. The Bertz CT molecular complexity index is 1090. The third-order valence-electron chi connectivity index (χ3n) is 4.12. The summed E-state index contributed by atoms with van der Waals surface area (Å²) in [6.45, 7) is -2.97. The fourth-order valence-electron chi connectivity index (χ4n) is 2.76. The molecule has 2 N–H and O–H groups in total. The molecule has 0 atom stereocenters. The Morgan fingerprint density at radius 3 is 2.28 bits per heavy atom. The van der Waals surface area contributed by atoms with E-state index in [0.717, 1.165) is 12.1 Å². The number of anilines is 2. The Balaban J connectivity index is 1.78. The van der Waals surface area contributed by atoms with Crippen molar-refractivity contribution in [2.75, 3.05) is 17.7 Å². The van der Waals surface area contributed by atoms with Crippen LogP contribution in [0.4, 0.5) is 38.1 Å². The molecule has 3 aromatic rings. The lowest BCUT2D eigenvalue weighted by Crippen LogP contribution is -2.19. The number of pyridine rings is 1. The third kappa shape index (κ3) is 5.84. The van der Waals surface area contributed by atoms with Gasteiger partial charge >= 0.3 is 18.8 Å². The van der Waals surface area contributed by atoms with Gasteiger partial charge in [-0.3, -0.25) is 0 Å². The standard InChI is InChI=1S/C21H16F5N3O3/c1-31-17-10-9-16(21(24,25)26)18(29-17)12-3-2-4-14(11-12)28-20(30)27-13-5-7-15(8-6-13)32-19(22)23/h2-11,19H,1H3,(H2,27,28,30). The van der Waals surface area contributed by atoms with Crippen molar-refractivity contribution in [2.24, 2.45) is 0 Å². The molecule has 2 amide bonds. The van der Waals surface area contributed by atoms with Gasteiger partial charge in [0.05, 0.1) is 18.4 Å². The van der Waals surface area contributed by atoms with E-state index in [1.807, 2.05) is 0 Å². The van der Waals surface area contributed by atoms with Crippen LogP contribution in [0.1, 0.15) is 5.56 Å². The summed E-state index contributed by atoms with van der Waals surface area (Å²) in [4.78, 5) is 16.1. The summed E-state index contributed by atoms with van der Waals surface area (Å²) in [7, 11) is 1.29. The smallest absolute Gasteiger partial charge is 0.418 e. The molecule has 0 unspecified atom stereocenters. The number of amides is 2. The fourth-order valence-corrected chi connectivity index (χ4v) is 2.76. The summed E-state index contributed by atoms with van der Waals surface area (Å²) in [5.74, 6) is -0.0757. The minimum absolute atomic E-state index is 0.00312. The van der Waals surface area contributed by atoms with Gasteiger partial charge in [-0.05, 0) is 42.5 Å². The summed E-state index contributed by atoms with van der Waals surface area (Å²) in [5, 5.41) is 4.97. The number of alkyl halides is 5. The van der Waals surface area contributed by atoms with Crippen LogP contribution >= 0.6 is 0 Å². The molecule has 0 aliphatic heterocycles. The average molecular weight is 453 g/mol. The zero-order chi connectivity index (χ0) is 23.3. The fraction of sp³-hybridized carbons (Fsp3) is 0.143. The number of carbonyl (C=O) groups is 1. The number of methoxy groups -OCH3 is 1. The van der Waals surface area contributed by atoms with E-state index in [1.54, 1.807) is 0 Å². The number of hydrogen-bond acceptors (Lipinski definition) is 4. The highest BCUT2D eigenvalue weighted by molar-refractivity contribution is 6.00. The SMILES string of the molecule is COc1ccc(C(F)(F)F)c(-c2cccc(NC(=O)Nc3ccc(OC(F)F)cc3)c2)n1. The predicted octanol–water partition coefficient (Wildman–Crippen LogP) is 6.02. The van der Waals surface area contributed by atoms with Crippen LogP contribution in [0.25, 0.3) is 11.3 Å². The van der Waals surface area contributed by atoms with Crippen LogP contribution in [-0.4, -0.2) is 24.7 Å². The van der Waals surface area contributed by atoms with Gasteiger partial charge < -0.3 is 20.1 Å². The summed E-state index contributed by atoms with van der Waals surface area (Å²) in [6.07, 6.45) is -4.64. The second-order valence-corrected chi connectivity index (χ2v) is 6.31. The molecule has 168 valence electrons. The highest BCUT2D eigenvalue weighted by atomic mass is 19.4. The Hall–Kier alpha value is -3.89. The van der Waals surface area contributed by atoms with Crippen LogP contribution in [0.5, 0.6) is 11.6 Å². The van der Waals surface area contributed by atoms with E-state index >= 15 is 0 Å². The second kappa shape index (κ2) is 9.50. The number of hydrogen-bond donors (Lipinski definition) is 2. The summed E-state index contributed by atoms with van der Waals surface area (Å²) < 4.78 is 73.7. The number of rotatable bonds is 6. The maximum atomic E-state index is 13.4. The molecule has 1 heterocycles. The normalized spacial score (nSPS) is 11.2. The van der Waals surface area contributed by atoms with Crippen molar-refractivity contribution in [1.82, 2.24) is 4.98 Å². The summed E-state index contributed by atoms with van der Waals surface area (Å²) >= 11 is 0. The Morgan fingerprint density at radius 2 is 1.66 bits per heavy atom. The van der Waals surface area contributed by atoms with Gasteiger partial charge in [-0.25, -0.2) is 9.78 Å². The van der Waals surface area contributed by atoms with E-state index in [1.165, 1.54) is 55.6 Å². The molecular weight excluding hydrogens is 437 g/mol. The molecule has 11 heteroatoms. The number of nitrogens with zero attached hydrogens (tertiary/aromatic N) is 1. The van der Waals surface area contributed by atoms with Crippen LogP contribution in [0, 0.1) is 0 Å². The zero-order valence-electron chi connectivity index (χ0n) is 16.4. The molecule has 6 nitrogen and oxygen atoms in total. The quantitative estimate of drug-likeness (QED) is 0.448. The van der Waals surface area contributed by atoms with Crippen molar-refractivity contribution in [3.05, 3.63) is 66.2 Å². The van der Waals surface area contributed by atoms with Crippen LogP contribution in [-0.2, 0) is 6.18 Å². The number of benzene rings is 2. The van der Waals surface area contributed by atoms with E-state index < -0.39 is 24.4 Å². The molecule has 32 heavy (non-hydrogen) atoms. The summed E-state index contributed by atoms with van der Waals surface area (Å²) in [6, 6.07) is 12.2. The number of urea groups is 1. The number of halogens is 5. The molecule has 0 bridgehead atoms.